The summed E-state index contributed by atoms with van der Waals surface area (Å²) in [6, 6.07) is 0. The summed E-state index contributed by atoms with van der Waals surface area (Å²) in [6.07, 6.45) is 30.9. The Hall–Kier alpha value is -0.560. The smallest absolute Gasteiger partial charge is 0.00773 e. The van der Waals surface area contributed by atoms with E-state index in [1.165, 1.54) is 96.3 Å². The maximum atomic E-state index is 5.50. The second kappa shape index (κ2) is 21.4. The maximum absolute atomic E-state index is 5.50. The van der Waals surface area contributed by atoms with E-state index in [-0.39, 0.29) is 0 Å². The van der Waals surface area contributed by atoms with E-state index in [1.54, 1.807) is 0 Å². The van der Waals surface area contributed by atoms with Crippen LogP contribution in [0.25, 0.3) is 0 Å². The van der Waals surface area contributed by atoms with Crippen molar-refractivity contribution in [2.45, 2.75) is 110 Å². The number of hydrogen-bond donors (Lipinski definition) is 1. The van der Waals surface area contributed by atoms with Crippen LogP contribution in [-0.4, -0.2) is 6.54 Å². The molecule has 0 aliphatic heterocycles. The van der Waals surface area contributed by atoms with Crippen LogP contribution in [0.1, 0.15) is 110 Å². The third-order valence-electron chi connectivity index (χ3n) is 4.40. The lowest BCUT2D eigenvalue weighted by molar-refractivity contribution is 0.554. The molecule has 0 saturated carbocycles. The predicted molar refractivity (Wildman–Crippen MR) is 107 cm³/mol. The van der Waals surface area contributed by atoms with E-state index in [9.17, 15) is 0 Å². The summed E-state index contributed by atoms with van der Waals surface area (Å²) in [5, 5.41) is 0. The van der Waals surface area contributed by atoms with Gasteiger partial charge < -0.3 is 5.73 Å². The van der Waals surface area contributed by atoms with E-state index >= 15 is 0 Å². The third-order valence-corrected chi connectivity index (χ3v) is 4.40. The molecule has 0 unspecified atom stereocenters. The summed E-state index contributed by atoms with van der Waals surface area (Å²) in [7, 11) is 0. The van der Waals surface area contributed by atoms with Crippen LogP contribution in [-0.2, 0) is 0 Å². The van der Waals surface area contributed by atoms with Crippen molar-refractivity contribution in [2.75, 3.05) is 6.54 Å². The van der Waals surface area contributed by atoms with Gasteiger partial charge in [-0.2, -0.15) is 0 Å². The van der Waals surface area contributed by atoms with E-state index in [2.05, 4.69) is 31.2 Å². The average molecular weight is 322 g/mol. The van der Waals surface area contributed by atoms with Crippen molar-refractivity contribution in [1.82, 2.24) is 0 Å². The zero-order valence-corrected chi connectivity index (χ0v) is 15.9. The molecule has 0 saturated heterocycles. The van der Waals surface area contributed by atoms with Gasteiger partial charge >= 0.3 is 0 Å². The van der Waals surface area contributed by atoms with Gasteiger partial charge in [-0.1, -0.05) is 95.4 Å². The molecule has 0 aromatic rings. The number of rotatable bonds is 18. The summed E-state index contributed by atoms with van der Waals surface area (Å²) in [6.45, 7) is 3.13. The molecule has 0 aromatic carbocycles. The molecule has 0 aliphatic carbocycles. The minimum Gasteiger partial charge on any atom is -0.330 e. The average Bonchev–Trinajstić information content (AvgIpc) is 2.57. The highest BCUT2D eigenvalue weighted by Crippen LogP contribution is 2.11. The van der Waals surface area contributed by atoms with Gasteiger partial charge in [0.1, 0.15) is 0 Å². The first kappa shape index (κ1) is 22.4. The Morgan fingerprint density at radius 1 is 0.522 bits per heavy atom. The molecule has 0 atom stereocenters. The molecule has 0 aromatic heterocycles. The van der Waals surface area contributed by atoms with E-state index in [0.29, 0.717) is 0 Å². The normalized spacial score (nSPS) is 11.9. The van der Waals surface area contributed by atoms with Gasteiger partial charge in [0, 0.05) is 0 Å². The van der Waals surface area contributed by atoms with Crippen LogP contribution in [0.5, 0.6) is 0 Å². The summed E-state index contributed by atoms with van der Waals surface area (Å²) in [5.41, 5.74) is 5.50. The Balaban J connectivity index is 3.10. The van der Waals surface area contributed by atoms with Crippen molar-refractivity contribution < 1.29 is 0 Å². The van der Waals surface area contributed by atoms with Gasteiger partial charge in [0.25, 0.3) is 0 Å². The molecule has 0 bridgehead atoms. The van der Waals surface area contributed by atoms with Crippen molar-refractivity contribution in [2.24, 2.45) is 5.73 Å². The lowest BCUT2D eigenvalue weighted by atomic mass is 10.1. The highest BCUT2D eigenvalue weighted by molar-refractivity contribution is 4.92. The Morgan fingerprint density at radius 3 is 1.43 bits per heavy atom. The van der Waals surface area contributed by atoms with Gasteiger partial charge in [-0.15, -0.1) is 0 Å². The summed E-state index contributed by atoms with van der Waals surface area (Å²) >= 11 is 0. The zero-order valence-electron chi connectivity index (χ0n) is 15.9. The minimum atomic E-state index is 0.865. The van der Waals surface area contributed by atoms with Crippen LogP contribution in [0, 0.1) is 0 Å². The molecule has 0 rings (SSSR count). The van der Waals surface area contributed by atoms with Crippen LogP contribution >= 0.6 is 0 Å². The van der Waals surface area contributed by atoms with Gasteiger partial charge in [-0.25, -0.2) is 0 Å². The molecule has 0 heterocycles. The fourth-order valence-electron chi connectivity index (χ4n) is 2.84. The summed E-state index contributed by atoms with van der Waals surface area (Å²) in [4.78, 5) is 0. The first-order valence-corrected chi connectivity index (χ1v) is 10.4. The monoisotopic (exact) mass is 321 g/mol. The topological polar surface area (TPSA) is 26.0 Å². The summed E-state index contributed by atoms with van der Waals surface area (Å²) in [5.74, 6) is 0. The van der Waals surface area contributed by atoms with E-state index < -0.39 is 0 Å². The second-order valence-corrected chi connectivity index (χ2v) is 6.79. The molecule has 0 aliphatic rings. The van der Waals surface area contributed by atoms with Crippen molar-refractivity contribution in [3.63, 3.8) is 0 Å². The Labute approximate surface area is 146 Å². The van der Waals surface area contributed by atoms with E-state index in [4.69, 9.17) is 5.73 Å². The number of unbranched alkanes of at least 4 members (excludes halogenated alkanes) is 13. The van der Waals surface area contributed by atoms with Crippen LogP contribution in [0.4, 0.5) is 0 Å². The van der Waals surface area contributed by atoms with Crippen molar-refractivity contribution in [1.29, 1.82) is 0 Å². The van der Waals surface area contributed by atoms with Gasteiger partial charge in [-0.05, 0) is 45.1 Å². The van der Waals surface area contributed by atoms with Crippen LogP contribution in [0.3, 0.4) is 0 Å². The third kappa shape index (κ3) is 21.4. The molecule has 1 nitrogen and oxygen atoms in total. The fraction of sp³-hybridized carbons (Fsp3) is 0.818. The molecular weight excluding hydrogens is 278 g/mol. The molecule has 0 amide bonds. The van der Waals surface area contributed by atoms with Gasteiger partial charge in [-0.3, -0.25) is 0 Å². The molecule has 0 spiro atoms. The van der Waals surface area contributed by atoms with Crippen LogP contribution in [0.2, 0.25) is 0 Å². The Morgan fingerprint density at radius 2 is 0.957 bits per heavy atom. The van der Waals surface area contributed by atoms with Gasteiger partial charge in [0.15, 0.2) is 0 Å². The van der Waals surface area contributed by atoms with Crippen molar-refractivity contribution in [3.8, 4) is 0 Å². The lowest BCUT2D eigenvalue weighted by Crippen LogP contribution is -1.97. The molecule has 0 fully saturated rings. The quantitative estimate of drug-likeness (QED) is 0.208. The molecule has 0 radical (unpaired) electrons. The molecular formula is C22H43N. The zero-order chi connectivity index (χ0) is 16.8. The van der Waals surface area contributed by atoms with Crippen LogP contribution < -0.4 is 5.73 Å². The van der Waals surface area contributed by atoms with Crippen molar-refractivity contribution >= 4 is 0 Å². The largest absolute Gasteiger partial charge is 0.330 e. The number of hydrogen-bond acceptors (Lipinski definition) is 1. The Bertz CT molecular complexity index is 255. The SMILES string of the molecule is CCCCCC=CCC=CCCCCCCCCCCCCN. The van der Waals surface area contributed by atoms with E-state index in [1.807, 2.05) is 0 Å². The van der Waals surface area contributed by atoms with Gasteiger partial charge in [0.2, 0.25) is 0 Å². The highest BCUT2D eigenvalue weighted by atomic mass is 14.5. The summed E-state index contributed by atoms with van der Waals surface area (Å²) < 4.78 is 0. The second-order valence-electron chi connectivity index (χ2n) is 6.79. The highest BCUT2D eigenvalue weighted by Gasteiger charge is 1.92. The van der Waals surface area contributed by atoms with Gasteiger partial charge in [0.05, 0.1) is 0 Å². The van der Waals surface area contributed by atoms with Crippen LogP contribution in [0.15, 0.2) is 24.3 Å². The number of nitrogens with two attached hydrogens (primary N) is 1. The maximum Gasteiger partial charge on any atom is -0.00773 e. The van der Waals surface area contributed by atoms with Crippen molar-refractivity contribution in [3.05, 3.63) is 24.3 Å². The minimum absolute atomic E-state index is 0.865. The predicted octanol–water partition coefficient (Wildman–Crippen LogP) is 7.32. The number of allylic oxidation sites excluding steroid dienone is 4. The molecule has 136 valence electrons. The molecule has 1 heteroatoms. The standard InChI is InChI=1S/C22H43N/c1-2-3-4-5-6-7-8-9-10-11-12-13-14-15-16-17-18-19-20-21-22-23/h6-7,9-10H,2-5,8,11-23H2,1H3. The Kier molecular flexibility index (Phi) is 20.9. The fourth-order valence-corrected chi connectivity index (χ4v) is 2.84. The van der Waals surface area contributed by atoms with E-state index in [0.717, 1.165) is 13.0 Å². The first-order valence-electron chi connectivity index (χ1n) is 10.4. The molecule has 23 heavy (non-hydrogen) atoms. The molecule has 2 N–H and O–H groups in total. The first-order chi connectivity index (χ1) is 11.4. The lowest BCUT2D eigenvalue weighted by Gasteiger charge is -2.01.